The lowest BCUT2D eigenvalue weighted by atomic mass is 9.89. The van der Waals surface area contributed by atoms with E-state index in [9.17, 15) is 30.7 Å². The van der Waals surface area contributed by atoms with E-state index in [-0.39, 0.29) is 16.2 Å². The topological polar surface area (TPSA) is 138 Å². The SMILES string of the molecule is C=CC(=O)NC1Cc2cc(S(=O)(=O)O)ccc2/C=C\c2ccc(S(=O)(=O)O)cc21. The first kappa shape index (κ1) is 20.9. The molecule has 10 heteroatoms. The summed E-state index contributed by atoms with van der Waals surface area (Å²) in [4.78, 5) is 11.3. The van der Waals surface area contributed by atoms with Crippen molar-refractivity contribution in [3.05, 3.63) is 71.3 Å². The second kappa shape index (κ2) is 7.56. The third kappa shape index (κ3) is 4.62. The molecule has 2 aromatic rings. The Balaban J connectivity index is 2.21. The molecule has 2 aromatic carbocycles. The van der Waals surface area contributed by atoms with Crippen molar-refractivity contribution in [2.45, 2.75) is 22.3 Å². The lowest BCUT2D eigenvalue weighted by molar-refractivity contribution is -0.117. The average Bonchev–Trinajstić information content (AvgIpc) is 2.63. The van der Waals surface area contributed by atoms with Crippen LogP contribution in [0.5, 0.6) is 0 Å². The summed E-state index contributed by atoms with van der Waals surface area (Å²) >= 11 is 0. The molecule has 1 atom stereocenters. The zero-order chi connectivity index (χ0) is 21.4. The number of hydrogen-bond acceptors (Lipinski definition) is 5. The predicted octanol–water partition coefficient (Wildman–Crippen LogP) is 2.25. The first-order chi connectivity index (χ1) is 13.5. The molecule has 3 rings (SSSR count). The number of fused-ring (bicyclic) bond motifs is 2. The smallest absolute Gasteiger partial charge is 0.294 e. The molecule has 29 heavy (non-hydrogen) atoms. The zero-order valence-electron chi connectivity index (χ0n) is 14.9. The third-order valence-electron chi connectivity index (χ3n) is 4.51. The van der Waals surface area contributed by atoms with Crippen LogP contribution in [0.4, 0.5) is 0 Å². The van der Waals surface area contributed by atoms with Gasteiger partial charge in [0.2, 0.25) is 5.91 Å². The van der Waals surface area contributed by atoms with E-state index < -0.39 is 32.2 Å². The molecular weight excluding hydrogens is 418 g/mol. The maximum atomic E-state index is 12.0. The Kier molecular flexibility index (Phi) is 5.46. The van der Waals surface area contributed by atoms with Crippen molar-refractivity contribution in [1.29, 1.82) is 0 Å². The van der Waals surface area contributed by atoms with Gasteiger partial charge in [0.15, 0.2) is 0 Å². The van der Waals surface area contributed by atoms with Gasteiger partial charge in [-0.15, -0.1) is 0 Å². The average molecular weight is 435 g/mol. The van der Waals surface area contributed by atoms with Crippen LogP contribution in [-0.4, -0.2) is 31.8 Å². The first-order valence-corrected chi connectivity index (χ1v) is 11.2. The van der Waals surface area contributed by atoms with Crippen LogP contribution in [0.3, 0.4) is 0 Å². The van der Waals surface area contributed by atoms with Crippen molar-refractivity contribution in [3.63, 3.8) is 0 Å². The first-order valence-electron chi connectivity index (χ1n) is 8.32. The van der Waals surface area contributed by atoms with E-state index in [0.29, 0.717) is 22.3 Å². The molecule has 1 amide bonds. The van der Waals surface area contributed by atoms with Crippen LogP contribution in [0.1, 0.15) is 28.3 Å². The van der Waals surface area contributed by atoms with Crippen molar-refractivity contribution in [2.24, 2.45) is 0 Å². The summed E-state index contributed by atoms with van der Waals surface area (Å²) in [5, 5.41) is 2.69. The van der Waals surface area contributed by atoms with Crippen LogP contribution in [0.15, 0.2) is 58.8 Å². The van der Waals surface area contributed by atoms with Crippen LogP contribution in [0.25, 0.3) is 12.2 Å². The molecular formula is C19H17NO7S2. The van der Waals surface area contributed by atoms with Crippen molar-refractivity contribution in [1.82, 2.24) is 5.32 Å². The highest BCUT2D eigenvalue weighted by atomic mass is 32.2. The van der Waals surface area contributed by atoms with Gasteiger partial charge in [0, 0.05) is 0 Å². The molecule has 1 aliphatic rings. The van der Waals surface area contributed by atoms with Gasteiger partial charge in [-0.1, -0.05) is 30.9 Å². The van der Waals surface area contributed by atoms with Gasteiger partial charge in [-0.2, -0.15) is 16.8 Å². The van der Waals surface area contributed by atoms with Crippen LogP contribution in [0.2, 0.25) is 0 Å². The van der Waals surface area contributed by atoms with Gasteiger partial charge in [-0.05, 0) is 59.0 Å². The number of rotatable bonds is 4. The minimum atomic E-state index is -4.47. The molecule has 3 N–H and O–H groups in total. The van der Waals surface area contributed by atoms with Gasteiger partial charge in [-0.25, -0.2) is 0 Å². The molecule has 0 radical (unpaired) electrons. The highest BCUT2D eigenvalue weighted by molar-refractivity contribution is 7.86. The van der Waals surface area contributed by atoms with Crippen molar-refractivity contribution in [2.75, 3.05) is 0 Å². The number of amides is 1. The maximum absolute atomic E-state index is 12.0. The summed E-state index contributed by atoms with van der Waals surface area (Å²) in [5.41, 5.74) is 2.19. The number of carbonyl (C=O) groups excluding carboxylic acids is 1. The maximum Gasteiger partial charge on any atom is 0.294 e. The Morgan fingerprint density at radius 1 is 0.966 bits per heavy atom. The molecule has 1 aliphatic carbocycles. The highest BCUT2D eigenvalue weighted by Gasteiger charge is 2.23. The van der Waals surface area contributed by atoms with E-state index in [1.807, 2.05) is 0 Å². The lowest BCUT2D eigenvalue weighted by Crippen LogP contribution is -2.29. The summed E-state index contributed by atoms with van der Waals surface area (Å²) in [6, 6.07) is 7.32. The quantitative estimate of drug-likeness (QED) is 0.495. The Morgan fingerprint density at radius 3 is 2.10 bits per heavy atom. The Morgan fingerprint density at radius 2 is 1.52 bits per heavy atom. The van der Waals surface area contributed by atoms with E-state index in [0.717, 1.165) is 6.08 Å². The lowest BCUT2D eigenvalue weighted by Gasteiger charge is -2.24. The normalized spacial score (nSPS) is 17.2. The van der Waals surface area contributed by atoms with E-state index in [2.05, 4.69) is 11.9 Å². The number of hydrogen-bond donors (Lipinski definition) is 3. The fourth-order valence-electron chi connectivity index (χ4n) is 3.12. The second-order valence-electron chi connectivity index (χ2n) is 6.40. The molecule has 0 aromatic heterocycles. The molecule has 8 nitrogen and oxygen atoms in total. The molecule has 0 fully saturated rings. The molecule has 1 unspecified atom stereocenters. The fourth-order valence-corrected chi connectivity index (χ4v) is 4.16. The third-order valence-corrected chi connectivity index (χ3v) is 6.21. The molecule has 0 saturated carbocycles. The Labute approximate surface area is 168 Å². The van der Waals surface area contributed by atoms with Crippen LogP contribution in [-0.2, 0) is 31.5 Å². The summed E-state index contributed by atoms with van der Waals surface area (Å²) < 4.78 is 64.8. The van der Waals surface area contributed by atoms with Gasteiger partial charge in [0.1, 0.15) is 0 Å². The van der Waals surface area contributed by atoms with Gasteiger partial charge in [0.05, 0.1) is 15.8 Å². The van der Waals surface area contributed by atoms with E-state index in [1.54, 1.807) is 12.2 Å². The summed E-state index contributed by atoms with van der Waals surface area (Å²) in [5.74, 6) is -0.518. The number of nitrogens with one attached hydrogen (secondary N) is 1. The predicted molar refractivity (Wildman–Crippen MR) is 106 cm³/mol. The van der Waals surface area contributed by atoms with Gasteiger partial charge in [0.25, 0.3) is 20.2 Å². The molecule has 0 spiro atoms. The molecule has 0 bridgehead atoms. The van der Waals surface area contributed by atoms with Gasteiger partial charge >= 0.3 is 0 Å². The minimum absolute atomic E-state index is 0.102. The summed E-state index contributed by atoms with van der Waals surface area (Å²) in [6.07, 6.45) is 4.54. The minimum Gasteiger partial charge on any atom is -0.345 e. The van der Waals surface area contributed by atoms with Gasteiger partial charge in [-0.3, -0.25) is 13.9 Å². The molecule has 0 saturated heterocycles. The van der Waals surface area contributed by atoms with Crippen LogP contribution in [0, 0.1) is 0 Å². The highest BCUT2D eigenvalue weighted by Crippen LogP contribution is 2.31. The Bertz CT molecular complexity index is 1250. The van der Waals surface area contributed by atoms with E-state index in [1.165, 1.54) is 36.4 Å². The molecule has 152 valence electrons. The standard InChI is InChI=1S/C19H17NO7S2/c1-2-19(21)20-18-10-14-9-15(28(22,23)24)7-5-12(14)3-4-13-6-8-16(11-17(13)18)29(25,26)27/h2-9,11,18H,1,10H2,(H,20,21)(H,22,23,24)(H,25,26,27)/b4-3-. The van der Waals surface area contributed by atoms with E-state index >= 15 is 0 Å². The van der Waals surface area contributed by atoms with Crippen LogP contribution < -0.4 is 5.32 Å². The number of benzene rings is 2. The van der Waals surface area contributed by atoms with Crippen molar-refractivity contribution >= 4 is 38.3 Å². The van der Waals surface area contributed by atoms with Crippen molar-refractivity contribution in [3.8, 4) is 0 Å². The number of carbonyl (C=O) groups is 1. The Hall–Kier alpha value is -2.79. The summed E-state index contributed by atoms with van der Waals surface area (Å²) in [7, 11) is -8.90. The monoisotopic (exact) mass is 435 g/mol. The summed E-state index contributed by atoms with van der Waals surface area (Å²) in [6.45, 7) is 3.40. The molecule has 0 aliphatic heterocycles. The van der Waals surface area contributed by atoms with Gasteiger partial charge < -0.3 is 5.32 Å². The molecule has 0 heterocycles. The largest absolute Gasteiger partial charge is 0.345 e. The fraction of sp³-hybridized carbons (Fsp3) is 0.105. The second-order valence-corrected chi connectivity index (χ2v) is 9.25. The zero-order valence-corrected chi connectivity index (χ0v) is 16.6. The van der Waals surface area contributed by atoms with Crippen molar-refractivity contribution < 1.29 is 30.7 Å². The van der Waals surface area contributed by atoms with Crippen LogP contribution >= 0.6 is 0 Å². The van der Waals surface area contributed by atoms with E-state index in [4.69, 9.17) is 0 Å².